The van der Waals surface area contributed by atoms with Gasteiger partial charge in [0.25, 0.3) is 0 Å². The van der Waals surface area contributed by atoms with Gasteiger partial charge in [0.15, 0.2) is 0 Å². The van der Waals surface area contributed by atoms with Crippen LogP contribution in [0.2, 0.25) is 0 Å². The van der Waals surface area contributed by atoms with Crippen molar-refractivity contribution in [3.8, 4) is 11.1 Å². The Labute approximate surface area is 150 Å². The molecular formula is C21H18N4O. The maximum atomic E-state index is 9.19. The second-order valence-electron chi connectivity index (χ2n) is 6.62. The molecule has 2 aromatic carbocycles. The summed E-state index contributed by atoms with van der Waals surface area (Å²) in [7, 11) is 0. The fourth-order valence-electron chi connectivity index (χ4n) is 3.56. The molecule has 0 amide bonds. The average Bonchev–Trinajstić information content (AvgIpc) is 3.31. The third-order valence-corrected chi connectivity index (χ3v) is 4.99. The van der Waals surface area contributed by atoms with E-state index in [1.54, 1.807) is 0 Å². The average molecular weight is 342 g/mol. The molecule has 1 aliphatic carbocycles. The van der Waals surface area contributed by atoms with Gasteiger partial charge in [-0.15, -0.1) is 0 Å². The quantitative estimate of drug-likeness (QED) is 0.682. The highest BCUT2D eigenvalue weighted by atomic mass is 16.3. The van der Waals surface area contributed by atoms with Crippen molar-refractivity contribution >= 4 is 16.7 Å². The maximum Gasteiger partial charge on any atom is 0.132 e. The Bertz CT molecular complexity index is 1060. The molecule has 5 nitrogen and oxygen atoms in total. The van der Waals surface area contributed by atoms with Crippen molar-refractivity contribution in [3.63, 3.8) is 0 Å². The first-order valence-electron chi connectivity index (χ1n) is 8.69. The second-order valence-corrected chi connectivity index (χ2v) is 6.62. The molecule has 1 aliphatic heterocycles. The van der Waals surface area contributed by atoms with Gasteiger partial charge in [0, 0.05) is 0 Å². The minimum absolute atomic E-state index is 0.0332. The van der Waals surface area contributed by atoms with Gasteiger partial charge >= 0.3 is 0 Å². The predicted molar refractivity (Wildman–Crippen MR) is 103 cm³/mol. The summed E-state index contributed by atoms with van der Waals surface area (Å²) in [5.41, 5.74) is 9.35. The number of imidazole rings is 1. The van der Waals surface area contributed by atoms with Crippen LogP contribution in [0.4, 0.5) is 0 Å². The van der Waals surface area contributed by atoms with Gasteiger partial charge in [-0.3, -0.25) is 5.43 Å². The number of aromatic amines is 1. The Morgan fingerprint density at radius 3 is 2.69 bits per heavy atom. The second kappa shape index (κ2) is 5.97. The molecule has 128 valence electrons. The first-order chi connectivity index (χ1) is 12.8. The molecule has 0 saturated carbocycles. The van der Waals surface area contributed by atoms with Gasteiger partial charge in [-0.2, -0.15) is 5.10 Å². The summed E-state index contributed by atoms with van der Waals surface area (Å²) in [6.07, 6.45) is 8.26. The minimum Gasteiger partial charge on any atom is -0.392 e. The van der Waals surface area contributed by atoms with E-state index in [0.29, 0.717) is 0 Å². The maximum absolute atomic E-state index is 9.19. The van der Waals surface area contributed by atoms with E-state index in [0.717, 1.165) is 39.3 Å². The first kappa shape index (κ1) is 15.1. The van der Waals surface area contributed by atoms with Crippen molar-refractivity contribution in [2.24, 2.45) is 11.0 Å². The number of H-pyrrole nitrogens is 1. The zero-order valence-electron chi connectivity index (χ0n) is 14.1. The predicted octanol–water partition coefficient (Wildman–Crippen LogP) is 3.46. The summed E-state index contributed by atoms with van der Waals surface area (Å²) < 4.78 is 0. The molecule has 1 aromatic heterocycles. The summed E-state index contributed by atoms with van der Waals surface area (Å²) in [6, 6.07) is 14.2. The third kappa shape index (κ3) is 2.45. The van der Waals surface area contributed by atoms with Gasteiger partial charge < -0.3 is 10.1 Å². The van der Waals surface area contributed by atoms with Crippen molar-refractivity contribution in [1.29, 1.82) is 0 Å². The molecule has 5 heteroatoms. The van der Waals surface area contributed by atoms with Gasteiger partial charge in [-0.05, 0) is 34.9 Å². The van der Waals surface area contributed by atoms with Crippen molar-refractivity contribution in [3.05, 3.63) is 78.2 Å². The number of aliphatic hydroxyl groups is 1. The fourth-order valence-corrected chi connectivity index (χ4v) is 3.56. The Kier molecular flexibility index (Phi) is 3.47. The summed E-state index contributed by atoms with van der Waals surface area (Å²) in [4.78, 5) is 8.22. The van der Waals surface area contributed by atoms with Crippen LogP contribution in [-0.2, 0) is 6.61 Å². The lowest BCUT2D eigenvalue weighted by atomic mass is 9.92. The largest absolute Gasteiger partial charge is 0.392 e. The smallest absolute Gasteiger partial charge is 0.132 e. The molecule has 0 radical (unpaired) electrons. The first-order valence-corrected chi connectivity index (χ1v) is 8.69. The number of nitrogens with one attached hydrogen (secondary N) is 2. The summed E-state index contributed by atoms with van der Waals surface area (Å²) >= 11 is 0. The molecule has 2 unspecified atom stereocenters. The lowest BCUT2D eigenvalue weighted by molar-refractivity contribution is 0.282. The monoisotopic (exact) mass is 342 g/mol. The molecule has 3 aromatic rings. The topological polar surface area (TPSA) is 73.3 Å². The molecule has 3 N–H and O–H groups in total. The van der Waals surface area contributed by atoms with Crippen molar-refractivity contribution < 1.29 is 5.11 Å². The highest BCUT2D eigenvalue weighted by molar-refractivity contribution is 6.00. The molecule has 2 atom stereocenters. The van der Waals surface area contributed by atoms with Gasteiger partial charge in [-0.1, -0.05) is 48.6 Å². The van der Waals surface area contributed by atoms with E-state index in [2.05, 4.69) is 39.8 Å². The van der Waals surface area contributed by atoms with Crippen molar-refractivity contribution in [2.75, 3.05) is 0 Å². The van der Waals surface area contributed by atoms with Crippen LogP contribution in [0, 0.1) is 5.92 Å². The summed E-state index contributed by atoms with van der Waals surface area (Å²) in [5, 5.41) is 13.6. The number of benzene rings is 2. The van der Waals surface area contributed by atoms with Crippen LogP contribution < -0.4 is 5.43 Å². The molecule has 0 bridgehead atoms. The van der Waals surface area contributed by atoms with Gasteiger partial charge in [0.05, 0.1) is 29.3 Å². The number of fused-ring (bicyclic) bond motifs is 2. The zero-order valence-corrected chi connectivity index (χ0v) is 14.1. The van der Waals surface area contributed by atoms with E-state index in [-0.39, 0.29) is 18.6 Å². The Hall–Kier alpha value is -3.18. The molecule has 0 saturated heterocycles. The van der Waals surface area contributed by atoms with Gasteiger partial charge in [0.2, 0.25) is 0 Å². The number of aromatic nitrogens is 2. The Balaban J connectivity index is 1.48. The lowest BCUT2D eigenvalue weighted by Crippen LogP contribution is -2.21. The number of hydrazone groups is 1. The Morgan fingerprint density at radius 2 is 1.85 bits per heavy atom. The molecular weight excluding hydrogens is 324 g/mol. The van der Waals surface area contributed by atoms with Crippen LogP contribution in [0.25, 0.3) is 22.2 Å². The van der Waals surface area contributed by atoms with E-state index in [1.165, 1.54) is 0 Å². The van der Waals surface area contributed by atoms with Crippen molar-refractivity contribution in [1.82, 2.24) is 15.4 Å². The highest BCUT2D eigenvalue weighted by Gasteiger charge is 2.32. The van der Waals surface area contributed by atoms with Crippen LogP contribution in [0.15, 0.2) is 71.9 Å². The van der Waals surface area contributed by atoms with Crippen LogP contribution in [-0.4, -0.2) is 20.8 Å². The van der Waals surface area contributed by atoms with E-state index < -0.39 is 0 Å². The number of aliphatic hydroxyl groups excluding tert-OH is 1. The summed E-state index contributed by atoms with van der Waals surface area (Å²) in [5.74, 6) is 1.11. The van der Waals surface area contributed by atoms with E-state index in [9.17, 15) is 5.11 Å². The number of allylic oxidation sites excluding steroid dienone is 3. The van der Waals surface area contributed by atoms with Crippen molar-refractivity contribution in [2.45, 2.75) is 12.6 Å². The number of hydrogen-bond acceptors (Lipinski definition) is 4. The van der Waals surface area contributed by atoms with Gasteiger partial charge in [-0.25, -0.2) is 4.98 Å². The highest BCUT2D eigenvalue weighted by Crippen LogP contribution is 2.31. The number of nitrogens with zero attached hydrogens (tertiary/aromatic N) is 2. The molecule has 2 heterocycles. The van der Waals surface area contributed by atoms with E-state index in [4.69, 9.17) is 4.98 Å². The van der Waals surface area contributed by atoms with Crippen LogP contribution in [0.1, 0.15) is 17.4 Å². The fraction of sp³-hybridized carbons (Fsp3) is 0.143. The van der Waals surface area contributed by atoms with E-state index >= 15 is 0 Å². The SMILES string of the molecule is OCc1ccc(-c2ccc3nc(C4NN=C5C=CC=CC54)[nH]c3c2)cc1. The standard InChI is InChI=1S/C21H18N4O/c26-12-13-5-7-14(8-6-13)15-9-10-18-19(11-15)23-21(22-18)20-16-3-1-2-4-17(16)24-25-20/h1-11,16,20,25-26H,12H2,(H,22,23). The normalized spacial score (nSPS) is 20.9. The third-order valence-electron chi connectivity index (χ3n) is 4.99. The molecule has 26 heavy (non-hydrogen) atoms. The lowest BCUT2D eigenvalue weighted by Gasteiger charge is -2.15. The number of hydrogen-bond donors (Lipinski definition) is 3. The molecule has 5 rings (SSSR count). The van der Waals surface area contributed by atoms with E-state index in [1.807, 2.05) is 42.5 Å². The zero-order chi connectivity index (χ0) is 17.5. The minimum atomic E-state index is 0.0332. The van der Waals surface area contributed by atoms with Crippen LogP contribution >= 0.6 is 0 Å². The Morgan fingerprint density at radius 1 is 1.00 bits per heavy atom. The number of rotatable bonds is 3. The molecule has 0 spiro atoms. The molecule has 2 aliphatic rings. The van der Waals surface area contributed by atoms with Gasteiger partial charge in [0.1, 0.15) is 11.9 Å². The van der Waals surface area contributed by atoms with Crippen LogP contribution in [0.3, 0.4) is 0 Å². The summed E-state index contributed by atoms with van der Waals surface area (Å²) in [6.45, 7) is 0.0620. The molecule has 0 fully saturated rings. The van der Waals surface area contributed by atoms with Crippen LogP contribution in [0.5, 0.6) is 0 Å².